The van der Waals surface area contributed by atoms with E-state index < -0.39 is 11.5 Å². The van der Waals surface area contributed by atoms with Crippen molar-refractivity contribution < 1.29 is 9.90 Å². The van der Waals surface area contributed by atoms with Crippen LogP contribution in [0.4, 0.5) is 0 Å². The Labute approximate surface area is 109 Å². The monoisotopic (exact) mass is 300 g/mol. The van der Waals surface area contributed by atoms with Crippen LogP contribution >= 0.6 is 15.9 Å². The molecule has 2 unspecified atom stereocenters. The lowest BCUT2D eigenvalue weighted by Gasteiger charge is -2.30. The van der Waals surface area contributed by atoms with Gasteiger partial charge < -0.3 is 10.8 Å². The summed E-state index contributed by atoms with van der Waals surface area (Å²) >= 11 is 3.28. The largest absolute Gasteiger partial charge is 0.380 e. The van der Waals surface area contributed by atoms with Crippen LogP contribution in [0, 0.1) is 0 Å². The molecular weight excluding hydrogens is 284 g/mol. The topological polar surface area (TPSA) is 76.2 Å². The predicted octanol–water partition coefficient (Wildman–Crippen LogP) is 1.96. The summed E-state index contributed by atoms with van der Waals surface area (Å²) in [6.45, 7) is 3.46. The van der Waals surface area contributed by atoms with Crippen LogP contribution < -0.4 is 5.73 Å². The van der Waals surface area contributed by atoms with Gasteiger partial charge in [-0.05, 0) is 47.0 Å². The number of hydrogen-bond acceptors (Lipinski definition) is 3. The molecule has 1 rings (SSSR count). The van der Waals surface area contributed by atoms with Gasteiger partial charge >= 0.3 is 0 Å². The number of aromatic nitrogens is 1. The van der Waals surface area contributed by atoms with Gasteiger partial charge in [0.25, 0.3) is 0 Å². The van der Waals surface area contributed by atoms with Crippen molar-refractivity contribution in [1.82, 2.24) is 4.98 Å². The Morgan fingerprint density at radius 2 is 2.35 bits per heavy atom. The molecule has 1 aromatic rings. The lowest BCUT2D eigenvalue weighted by atomic mass is 9.80. The normalized spacial score (nSPS) is 16.2. The van der Waals surface area contributed by atoms with Crippen LogP contribution in [0.25, 0.3) is 0 Å². The Morgan fingerprint density at radius 1 is 1.71 bits per heavy atom. The number of carbonyl (C=O) groups excluding carboxylic acids is 1. The fourth-order valence-corrected chi connectivity index (χ4v) is 2.25. The van der Waals surface area contributed by atoms with Gasteiger partial charge in [-0.25, -0.2) is 4.98 Å². The molecule has 0 bridgehead atoms. The maximum absolute atomic E-state index is 11.3. The molecule has 1 amide bonds. The molecule has 0 saturated heterocycles. The van der Waals surface area contributed by atoms with E-state index in [1.54, 1.807) is 18.3 Å². The molecule has 0 radical (unpaired) electrons. The van der Waals surface area contributed by atoms with Crippen LogP contribution in [0.15, 0.2) is 22.9 Å². The third-order valence-corrected chi connectivity index (χ3v) is 3.34. The van der Waals surface area contributed by atoms with Gasteiger partial charge in [-0.3, -0.25) is 4.79 Å². The molecule has 17 heavy (non-hydrogen) atoms. The zero-order chi connectivity index (χ0) is 13.1. The zero-order valence-electron chi connectivity index (χ0n) is 9.98. The highest BCUT2D eigenvalue weighted by molar-refractivity contribution is 9.10. The van der Waals surface area contributed by atoms with Crippen LogP contribution in [0.5, 0.6) is 0 Å². The molecule has 0 saturated carbocycles. The van der Waals surface area contributed by atoms with Gasteiger partial charge in [0.05, 0.1) is 0 Å². The third-order valence-electron chi connectivity index (χ3n) is 2.91. The highest BCUT2D eigenvalue weighted by Crippen LogP contribution is 2.33. The van der Waals surface area contributed by atoms with Crippen LogP contribution in [0.1, 0.15) is 38.2 Å². The Bertz CT molecular complexity index is 407. The van der Waals surface area contributed by atoms with Gasteiger partial charge in [-0.2, -0.15) is 0 Å². The molecule has 94 valence electrons. The Morgan fingerprint density at radius 3 is 2.82 bits per heavy atom. The quantitative estimate of drug-likeness (QED) is 0.816. The van der Waals surface area contributed by atoms with Gasteiger partial charge in [0, 0.05) is 12.1 Å². The molecule has 3 N–H and O–H groups in total. The van der Waals surface area contributed by atoms with Crippen molar-refractivity contribution in [2.45, 2.75) is 38.2 Å². The minimum atomic E-state index is -1.54. The predicted molar refractivity (Wildman–Crippen MR) is 69.4 cm³/mol. The van der Waals surface area contributed by atoms with Gasteiger partial charge in [-0.15, -0.1) is 0 Å². The second-order valence-electron chi connectivity index (χ2n) is 4.26. The van der Waals surface area contributed by atoms with E-state index in [9.17, 15) is 9.90 Å². The second-order valence-corrected chi connectivity index (χ2v) is 5.08. The molecule has 1 aromatic heterocycles. The van der Waals surface area contributed by atoms with E-state index in [1.807, 2.05) is 6.92 Å². The third kappa shape index (κ3) is 3.26. The average molecular weight is 301 g/mol. The lowest BCUT2D eigenvalue weighted by molar-refractivity contribution is -0.137. The summed E-state index contributed by atoms with van der Waals surface area (Å²) < 4.78 is 0.677. The van der Waals surface area contributed by atoms with Crippen LogP contribution in [-0.2, 0) is 4.79 Å². The van der Waals surface area contributed by atoms with Crippen LogP contribution in [0.2, 0.25) is 0 Å². The van der Waals surface area contributed by atoms with Crippen molar-refractivity contribution in [3.8, 4) is 0 Å². The Hall–Kier alpha value is -0.940. The highest BCUT2D eigenvalue weighted by Gasteiger charge is 2.38. The number of nitrogens with two attached hydrogens (primary N) is 1. The number of nitrogens with zero attached hydrogens (tertiary/aromatic N) is 1. The molecule has 0 spiro atoms. The summed E-state index contributed by atoms with van der Waals surface area (Å²) in [5.74, 6) is -1.02. The Kier molecular flexibility index (Phi) is 4.65. The van der Waals surface area contributed by atoms with E-state index in [2.05, 4.69) is 20.9 Å². The first-order valence-corrected chi connectivity index (χ1v) is 6.32. The van der Waals surface area contributed by atoms with E-state index >= 15 is 0 Å². The summed E-state index contributed by atoms with van der Waals surface area (Å²) in [5.41, 5.74) is 4.57. The number of halogens is 1. The van der Waals surface area contributed by atoms with Crippen molar-refractivity contribution in [2.24, 2.45) is 5.73 Å². The van der Waals surface area contributed by atoms with Crippen molar-refractivity contribution >= 4 is 21.8 Å². The summed E-state index contributed by atoms with van der Waals surface area (Å²) in [7, 11) is 0. The summed E-state index contributed by atoms with van der Waals surface area (Å²) in [4.78, 5) is 15.4. The summed E-state index contributed by atoms with van der Waals surface area (Å²) in [6, 6.07) is 3.60. The number of carbonyl (C=O) groups is 1. The van der Waals surface area contributed by atoms with Crippen molar-refractivity contribution in [1.29, 1.82) is 0 Å². The molecule has 0 fully saturated rings. The first-order chi connectivity index (χ1) is 7.89. The first kappa shape index (κ1) is 14.1. The SMILES string of the molecule is CCCC(c1ccnc(Br)c1)C(C)(O)C(N)=O. The smallest absolute Gasteiger partial charge is 0.249 e. The van der Waals surface area contributed by atoms with E-state index in [-0.39, 0.29) is 5.92 Å². The molecular formula is C12H17BrN2O2. The molecule has 4 nitrogen and oxygen atoms in total. The van der Waals surface area contributed by atoms with Gasteiger partial charge in [0.15, 0.2) is 0 Å². The molecule has 0 aliphatic heterocycles. The van der Waals surface area contributed by atoms with Crippen molar-refractivity contribution in [2.75, 3.05) is 0 Å². The molecule has 2 atom stereocenters. The standard InChI is InChI=1S/C12H17BrN2O2/c1-3-4-9(12(2,17)11(14)16)8-5-6-15-10(13)7-8/h5-7,9,17H,3-4H2,1-2H3,(H2,14,16). The van der Waals surface area contributed by atoms with Crippen LogP contribution in [-0.4, -0.2) is 21.6 Å². The zero-order valence-corrected chi connectivity index (χ0v) is 11.6. The highest BCUT2D eigenvalue weighted by atomic mass is 79.9. The maximum atomic E-state index is 11.3. The van der Waals surface area contributed by atoms with E-state index in [0.717, 1.165) is 12.0 Å². The van der Waals surface area contributed by atoms with Crippen molar-refractivity contribution in [3.63, 3.8) is 0 Å². The minimum Gasteiger partial charge on any atom is -0.380 e. The summed E-state index contributed by atoms with van der Waals surface area (Å²) in [5, 5.41) is 10.2. The molecule has 5 heteroatoms. The van der Waals surface area contributed by atoms with Gasteiger partial charge in [0.1, 0.15) is 10.2 Å². The molecule has 1 heterocycles. The summed E-state index contributed by atoms with van der Waals surface area (Å²) in [6.07, 6.45) is 3.18. The second kappa shape index (κ2) is 5.60. The molecule has 0 aliphatic rings. The number of primary amides is 1. The fraction of sp³-hybridized carbons (Fsp3) is 0.500. The Balaban J connectivity index is 3.13. The first-order valence-electron chi connectivity index (χ1n) is 5.53. The minimum absolute atomic E-state index is 0.315. The molecule has 0 aromatic carbocycles. The maximum Gasteiger partial charge on any atom is 0.249 e. The number of pyridine rings is 1. The lowest BCUT2D eigenvalue weighted by Crippen LogP contribution is -2.46. The van der Waals surface area contributed by atoms with Gasteiger partial charge in [0.2, 0.25) is 5.91 Å². The van der Waals surface area contributed by atoms with E-state index in [4.69, 9.17) is 5.73 Å². The number of aliphatic hydroxyl groups is 1. The fourth-order valence-electron chi connectivity index (χ4n) is 1.87. The van der Waals surface area contributed by atoms with Crippen LogP contribution in [0.3, 0.4) is 0 Å². The van der Waals surface area contributed by atoms with E-state index in [0.29, 0.717) is 11.0 Å². The number of rotatable bonds is 5. The number of hydrogen-bond donors (Lipinski definition) is 2. The van der Waals surface area contributed by atoms with Gasteiger partial charge in [-0.1, -0.05) is 13.3 Å². The van der Waals surface area contributed by atoms with E-state index in [1.165, 1.54) is 6.92 Å². The average Bonchev–Trinajstić information content (AvgIpc) is 2.25. The van der Waals surface area contributed by atoms with Crippen molar-refractivity contribution in [3.05, 3.63) is 28.5 Å². The number of amides is 1. The molecule has 0 aliphatic carbocycles.